The van der Waals surface area contributed by atoms with Crippen molar-refractivity contribution < 1.29 is 5.11 Å². The molecular formula is C24H31N3O. The zero-order valence-electron chi connectivity index (χ0n) is 16.9. The van der Waals surface area contributed by atoms with Gasteiger partial charge in [-0.2, -0.15) is 0 Å². The molecule has 1 heterocycles. The smallest absolute Gasteiger partial charge is 0.116 e. The minimum atomic E-state index is 0.161. The largest absolute Gasteiger partial charge is 0.508 e. The van der Waals surface area contributed by atoms with Gasteiger partial charge in [0.2, 0.25) is 0 Å². The van der Waals surface area contributed by atoms with Crippen LogP contribution in [0.25, 0.3) is 10.9 Å². The number of aromatic hydroxyl groups is 1. The lowest BCUT2D eigenvalue weighted by molar-refractivity contribution is 0.0858. The first kappa shape index (κ1) is 19.0. The second-order valence-corrected chi connectivity index (χ2v) is 8.31. The van der Waals surface area contributed by atoms with Crippen LogP contribution in [0.1, 0.15) is 36.8 Å². The van der Waals surface area contributed by atoms with Gasteiger partial charge in [0.25, 0.3) is 0 Å². The first-order chi connectivity index (χ1) is 13.6. The number of phenols is 1. The van der Waals surface area contributed by atoms with Gasteiger partial charge in [0.05, 0.1) is 0 Å². The van der Waals surface area contributed by atoms with Gasteiger partial charge < -0.3 is 15.4 Å². The number of aromatic nitrogens is 1. The van der Waals surface area contributed by atoms with E-state index in [-0.39, 0.29) is 5.54 Å². The fourth-order valence-electron chi connectivity index (χ4n) is 4.83. The average molecular weight is 378 g/mol. The van der Waals surface area contributed by atoms with E-state index in [0.29, 0.717) is 11.8 Å². The molecule has 3 aromatic rings. The molecule has 2 aromatic carbocycles. The minimum Gasteiger partial charge on any atom is -0.508 e. The fourth-order valence-corrected chi connectivity index (χ4v) is 4.83. The van der Waals surface area contributed by atoms with Crippen LogP contribution >= 0.6 is 0 Å². The summed E-state index contributed by atoms with van der Waals surface area (Å²) in [7, 11) is 4.43. The number of phenolic OH excluding ortho intramolecular Hbond substituents is 1. The van der Waals surface area contributed by atoms with E-state index in [1.165, 1.54) is 36.8 Å². The van der Waals surface area contributed by atoms with E-state index in [0.717, 1.165) is 23.9 Å². The molecular weight excluding hydrogens is 346 g/mol. The van der Waals surface area contributed by atoms with Crippen LogP contribution in [0.2, 0.25) is 0 Å². The van der Waals surface area contributed by atoms with Crippen molar-refractivity contribution in [2.45, 2.75) is 43.7 Å². The predicted molar refractivity (Wildman–Crippen MR) is 116 cm³/mol. The van der Waals surface area contributed by atoms with E-state index >= 15 is 0 Å². The Morgan fingerprint density at radius 2 is 1.86 bits per heavy atom. The molecule has 1 fully saturated rings. The molecule has 0 atom stereocenters. The molecule has 0 aliphatic heterocycles. The molecule has 1 aromatic heterocycles. The third kappa shape index (κ3) is 3.67. The molecule has 0 bridgehead atoms. The number of hydrogen-bond donors (Lipinski definition) is 3. The Morgan fingerprint density at radius 1 is 1.11 bits per heavy atom. The summed E-state index contributed by atoms with van der Waals surface area (Å²) in [6, 6.07) is 17.1. The molecule has 3 N–H and O–H groups in total. The van der Waals surface area contributed by atoms with Crippen LogP contribution in [-0.4, -0.2) is 41.7 Å². The molecule has 148 valence electrons. The SMILES string of the molecule is CN(C)C1(c2ccccc2)CCC(NCCc2c[nH]c3ccc(O)cc23)CC1. The topological polar surface area (TPSA) is 51.3 Å². The molecule has 4 rings (SSSR count). The third-order valence-corrected chi connectivity index (χ3v) is 6.56. The van der Waals surface area contributed by atoms with E-state index in [4.69, 9.17) is 0 Å². The summed E-state index contributed by atoms with van der Waals surface area (Å²) in [5.74, 6) is 0.328. The van der Waals surface area contributed by atoms with Gasteiger partial charge in [0, 0.05) is 28.7 Å². The van der Waals surface area contributed by atoms with Crippen LogP contribution in [0.4, 0.5) is 0 Å². The number of rotatable bonds is 6. The molecule has 0 saturated heterocycles. The number of hydrogen-bond acceptors (Lipinski definition) is 3. The lowest BCUT2D eigenvalue weighted by Gasteiger charge is -2.45. The summed E-state index contributed by atoms with van der Waals surface area (Å²) in [4.78, 5) is 5.71. The molecule has 0 spiro atoms. The van der Waals surface area contributed by atoms with Gasteiger partial charge in [-0.3, -0.25) is 4.90 Å². The van der Waals surface area contributed by atoms with Crippen LogP contribution in [0, 0.1) is 0 Å². The fraction of sp³-hybridized carbons (Fsp3) is 0.417. The van der Waals surface area contributed by atoms with Gasteiger partial charge in [0.1, 0.15) is 5.75 Å². The van der Waals surface area contributed by atoms with Crippen molar-refractivity contribution in [3.8, 4) is 5.75 Å². The van der Waals surface area contributed by atoms with Crippen LogP contribution in [-0.2, 0) is 12.0 Å². The van der Waals surface area contributed by atoms with Crippen molar-refractivity contribution in [2.24, 2.45) is 0 Å². The zero-order chi connectivity index (χ0) is 19.6. The quantitative estimate of drug-likeness (QED) is 0.597. The maximum absolute atomic E-state index is 9.76. The maximum Gasteiger partial charge on any atom is 0.116 e. The van der Waals surface area contributed by atoms with Gasteiger partial charge in [-0.05, 0) is 82.1 Å². The minimum absolute atomic E-state index is 0.161. The first-order valence-electron chi connectivity index (χ1n) is 10.3. The van der Waals surface area contributed by atoms with Crippen molar-refractivity contribution >= 4 is 10.9 Å². The van der Waals surface area contributed by atoms with Gasteiger partial charge in [-0.25, -0.2) is 0 Å². The average Bonchev–Trinajstić information content (AvgIpc) is 3.11. The lowest BCUT2D eigenvalue weighted by atomic mass is 9.74. The van der Waals surface area contributed by atoms with Crippen molar-refractivity contribution in [1.29, 1.82) is 0 Å². The second kappa shape index (κ2) is 7.98. The Kier molecular flexibility index (Phi) is 5.42. The number of fused-ring (bicyclic) bond motifs is 1. The Morgan fingerprint density at radius 3 is 2.57 bits per heavy atom. The highest BCUT2D eigenvalue weighted by Gasteiger charge is 2.38. The Labute approximate surface area is 167 Å². The standard InChI is InChI=1S/C24H31N3O/c1-27(2)24(19-6-4-3-5-7-19)13-10-20(11-14-24)25-15-12-18-17-26-23-9-8-21(28)16-22(18)23/h3-9,16-17,20,25-26,28H,10-15H2,1-2H3. The van der Waals surface area contributed by atoms with Gasteiger partial charge in [-0.15, -0.1) is 0 Å². The molecule has 4 heteroatoms. The van der Waals surface area contributed by atoms with E-state index in [1.54, 1.807) is 6.07 Å². The highest BCUT2D eigenvalue weighted by molar-refractivity contribution is 5.84. The van der Waals surface area contributed by atoms with Gasteiger partial charge in [0.15, 0.2) is 0 Å². The van der Waals surface area contributed by atoms with E-state index in [1.807, 2.05) is 12.1 Å². The second-order valence-electron chi connectivity index (χ2n) is 8.31. The highest BCUT2D eigenvalue weighted by atomic mass is 16.3. The van der Waals surface area contributed by atoms with E-state index < -0.39 is 0 Å². The monoisotopic (exact) mass is 377 g/mol. The molecule has 1 saturated carbocycles. The Bertz CT molecular complexity index is 908. The Hall–Kier alpha value is -2.30. The number of benzene rings is 2. The molecule has 0 radical (unpaired) electrons. The number of aromatic amines is 1. The normalized spacial score (nSPS) is 22.8. The number of nitrogens with zero attached hydrogens (tertiary/aromatic N) is 1. The molecule has 1 aliphatic rings. The summed E-state index contributed by atoms with van der Waals surface area (Å²) in [6.07, 6.45) is 7.80. The third-order valence-electron chi connectivity index (χ3n) is 6.56. The van der Waals surface area contributed by atoms with Crippen LogP contribution in [0.5, 0.6) is 5.75 Å². The van der Waals surface area contributed by atoms with Crippen molar-refractivity contribution in [3.05, 3.63) is 65.9 Å². The van der Waals surface area contributed by atoms with Crippen molar-refractivity contribution in [1.82, 2.24) is 15.2 Å². The van der Waals surface area contributed by atoms with Gasteiger partial charge in [-0.1, -0.05) is 30.3 Å². The summed E-state index contributed by atoms with van der Waals surface area (Å²) in [6.45, 7) is 0.966. The molecule has 1 aliphatic carbocycles. The van der Waals surface area contributed by atoms with E-state index in [2.05, 4.69) is 65.8 Å². The zero-order valence-corrected chi connectivity index (χ0v) is 16.9. The molecule has 0 unspecified atom stereocenters. The van der Waals surface area contributed by atoms with Crippen LogP contribution in [0.15, 0.2) is 54.7 Å². The van der Waals surface area contributed by atoms with Crippen LogP contribution < -0.4 is 5.32 Å². The summed E-state index contributed by atoms with van der Waals surface area (Å²) < 4.78 is 0. The predicted octanol–water partition coefficient (Wildman–Crippen LogP) is 4.41. The van der Waals surface area contributed by atoms with Crippen LogP contribution in [0.3, 0.4) is 0 Å². The van der Waals surface area contributed by atoms with Crippen molar-refractivity contribution in [3.63, 3.8) is 0 Å². The molecule has 0 amide bonds. The summed E-state index contributed by atoms with van der Waals surface area (Å²) in [5, 5.41) is 14.7. The lowest BCUT2D eigenvalue weighted by Crippen LogP contribution is -2.48. The molecule has 28 heavy (non-hydrogen) atoms. The number of H-pyrrole nitrogens is 1. The van der Waals surface area contributed by atoms with E-state index in [9.17, 15) is 5.11 Å². The molecule has 4 nitrogen and oxygen atoms in total. The van der Waals surface area contributed by atoms with Gasteiger partial charge >= 0.3 is 0 Å². The van der Waals surface area contributed by atoms with Crippen molar-refractivity contribution in [2.75, 3.05) is 20.6 Å². The first-order valence-corrected chi connectivity index (χ1v) is 10.3. The maximum atomic E-state index is 9.76. The summed E-state index contributed by atoms with van der Waals surface area (Å²) >= 11 is 0. The number of nitrogens with one attached hydrogen (secondary N) is 2. The highest BCUT2D eigenvalue weighted by Crippen LogP contribution is 2.41. The Balaban J connectivity index is 1.35. The summed E-state index contributed by atoms with van der Waals surface area (Å²) in [5.41, 5.74) is 3.95.